The van der Waals surface area contributed by atoms with Gasteiger partial charge in [-0.1, -0.05) is 18.9 Å². The Labute approximate surface area is 198 Å². The fourth-order valence-electron chi connectivity index (χ4n) is 5.48. The van der Waals surface area contributed by atoms with Crippen LogP contribution in [-0.2, 0) is 16.0 Å². The molecule has 7 nitrogen and oxygen atoms in total. The summed E-state index contributed by atoms with van der Waals surface area (Å²) >= 11 is 0. The van der Waals surface area contributed by atoms with Crippen LogP contribution in [0.2, 0.25) is 0 Å². The van der Waals surface area contributed by atoms with E-state index >= 15 is 0 Å². The molecule has 1 aliphatic carbocycles. The lowest BCUT2D eigenvalue weighted by Crippen LogP contribution is -2.37. The molecule has 2 aromatic rings. The Balaban J connectivity index is 1.66. The molecule has 1 amide bonds. The normalized spacial score (nSPS) is 23.8. The van der Waals surface area contributed by atoms with Crippen LogP contribution in [0, 0.1) is 0 Å². The molecule has 2 heterocycles. The van der Waals surface area contributed by atoms with Crippen LogP contribution < -0.4 is 14.2 Å². The molecule has 0 aromatic heterocycles. The highest BCUT2D eigenvalue weighted by atomic mass is 16.5. The number of ether oxygens (including phenoxy) is 3. The van der Waals surface area contributed by atoms with Crippen LogP contribution in [0.5, 0.6) is 17.2 Å². The smallest absolute Gasteiger partial charge is 0.295 e. The SMILES string of the molecule is COc1ccc(C2/C(=C(\O)c3ccc4c(c3)CC(C)O4)C(=O)C(=O)N2C2CCCC2)cc1OC. The fraction of sp³-hybridized carbons (Fsp3) is 0.407. The van der Waals surface area contributed by atoms with Gasteiger partial charge in [-0.15, -0.1) is 0 Å². The van der Waals surface area contributed by atoms with Crippen molar-refractivity contribution in [1.29, 1.82) is 0 Å². The van der Waals surface area contributed by atoms with E-state index in [-0.39, 0.29) is 23.5 Å². The second kappa shape index (κ2) is 8.70. The van der Waals surface area contributed by atoms with E-state index in [1.165, 1.54) is 0 Å². The maximum absolute atomic E-state index is 13.3. The zero-order valence-corrected chi connectivity index (χ0v) is 19.7. The van der Waals surface area contributed by atoms with E-state index in [1.807, 2.05) is 25.1 Å². The third-order valence-corrected chi connectivity index (χ3v) is 7.09. The van der Waals surface area contributed by atoms with Crippen LogP contribution >= 0.6 is 0 Å². The molecule has 1 saturated carbocycles. The molecule has 1 saturated heterocycles. The van der Waals surface area contributed by atoms with Gasteiger partial charge in [0.15, 0.2) is 11.5 Å². The number of hydrogen-bond acceptors (Lipinski definition) is 6. The summed E-state index contributed by atoms with van der Waals surface area (Å²) in [6.07, 6.45) is 4.49. The van der Waals surface area contributed by atoms with Crippen LogP contribution in [0.25, 0.3) is 5.76 Å². The van der Waals surface area contributed by atoms with Gasteiger partial charge in [0.1, 0.15) is 17.6 Å². The van der Waals surface area contributed by atoms with Gasteiger partial charge in [0.05, 0.1) is 25.8 Å². The van der Waals surface area contributed by atoms with Gasteiger partial charge in [-0.2, -0.15) is 0 Å². The monoisotopic (exact) mass is 463 g/mol. The zero-order chi connectivity index (χ0) is 24.0. The quantitative estimate of drug-likeness (QED) is 0.402. The molecule has 2 atom stereocenters. The van der Waals surface area contributed by atoms with Gasteiger partial charge in [0, 0.05) is 18.0 Å². The topological polar surface area (TPSA) is 85.3 Å². The molecule has 178 valence electrons. The fourth-order valence-corrected chi connectivity index (χ4v) is 5.48. The molecule has 7 heteroatoms. The lowest BCUT2D eigenvalue weighted by Gasteiger charge is -2.31. The number of ketones is 1. The van der Waals surface area contributed by atoms with Crippen molar-refractivity contribution in [2.24, 2.45) is 0 Å². The van der Waals surface area contributed by atoms with Crippen LogP contribution in [-0.4, -0.2) is 48.1 Å². The molecule has 5 rings (SSSR count). The third-order valence-electron chi connectivity index (χ3n) is 7.09. The van der Waals surface area contributed by atoms with E-state index in [4.69, 9.17) is 14.2 Å². The second-order valence-electron chi connectivity index (χ2n) is 9.21. The Morgan fingerprint density at radius 2 is 1.76 bits per heavy atom. The summed E-state index contributed by atoms with van der Waals surface area (Å²) in [5.41, 5.74) is 2.29. The molecule has 0 bridgehead atoms. The van der Waals surface area contributed by atoms with Gasteiger partial charge in [0.2, 0.25) is 0 Å². The number of rotatable bonds is 5. The minimum absolute atomic E-state index is 0.0471. The summed E-state index contributed by atoms with van der Waals surface area (Å²) in [5, 5.41) is 11.4. The highest BCUT2D eigenvalue weighted by molar-refractivity contribution is 6.46. The summed E-state index contributed by atoms with van der Waals surface area (Å²) in [7, 11) is 3.10. The van der Waals surface area contributed by atoms with Gasteiger partial charge in [-0.05, 0) is 61.2 Å². The van der Waals surface area contributed by atoms with Crippen LogP contribution in [0.15, 0.2) is 42.0 Å². The molecule has 34 heavy (non-hydrogen) atoms. The summed E-state index contributed by atoms with van der Waals surface area (Å²) in [4.78, 5) is 28.3. The largest absolute Gasteiger partial charge is 0.507 e. The van der Waals surface area contributed by atoms with Gasteiger partial charge in [0.25, 0.3) is 11.7 Å². The van der Waals surface area contributed by atoms with Crippen molar-refractivity contribution >= 4 is 17.4 Å². The molecule has 0 radical (unpaired) electrons. The van der Waals surface area contributed by atoms with Gasteiger partial charge in [-0.25, -0.2) is 0 Å². The number of methoxy groups -OCH3 is 2. The Morgan fingerprint density at radius 3 is 2.47 bits per heavy atom. The van der Waals surface area contributed by atoms with Crippen molar-refractivity contribution in [2.45, 2.75) is 57.2 Å². The predicted molar refractivity (Wildman–Crippen MR) is 126 cm³/mol. The number of Topliss-reactive ketones (excluding diaryl/α,β-unsaturated/α-hetero) is 1. The zero-order valence-electron chi connectivity index (χ0n) is 19.7. The number of benzene rings is 2. The molecule has 2 fully saturated rings. The van der Waals surface area contributed by atoms with Crippen molar-refractivity contribution in [3.63, 3.8) is 0 Å². The van der Waals surface area contributed by atoms with Crippen LogP contribution in [0.4, 0.5) is 0 Å². The molecular formula is C27H29NO6. The number of aliphatic hydroxyl groups is 1. The summed E-state index contributed by atoms with van der Waals surface area (Å²) in [6.45, 7) is 1.99. The number of carbonyl (C=O) groups is 2. The molecule has 1 N–H and O–H groups in total. The van der Waals surface area contributed by atoms with E-state index < -0.39 is 17.7 Å². The van der Waals surface area contributed by atoms with Gasteiger partial charge in [-0.3, -0.25) is 9.59 Å². The number of fused-ring (bicyclic) bond motifs is 1. The van der Waals surface area contributed by atoms with Crippen molar-refractivity contribution in [2.75, 3.05) is 14.2 Å². The van der Waals surface area contributed by atoms with E-state index in [9.17, 15) is 14.7 Å². The third kappa shape index (κ3) is 3.59. The minimum Gasteiger partial charge on any atom is -0.507 e. The van der Waals surface area contributed by atoms with Crippen molar-refractivity contribution < 1.29 is 28.9 Å². The predicted octanol–water partition coefficient (Wildman–Crippen LogP) is 4.39. The maximum atomic E-state index is 13.3. The Hall–Kier alpha value is -3.48. The van der Waals surface area contributed by atoms with E-state index in [1.54, 1.807) is 37.3 Å². The van der Waals surface area contributed by atoms with Crippen molar-refractivity contribution in [3.8, 4) is 17.2 Å². The minimum atomic E-state index is -0.702. The van der Waals surface area contributed by atoms with Crippen LogP contribution in [0.3, 0.4) is 0 Å². The van der Waals surface area contributed by atoms with Gasteiger partial charge < -0.3 is 24.2 Å². The van der Waals surface area contributed by atoms with E-state index in [0.717, 1.165) is 43.4 Å². The number of nitrogens with zero attached hydrogens (tertiary/aromatic N) is 1. The van der Waals surface area contributed by atoms with E-state index in [2.05, 4.69) is 0 Å². The molecule has 3 aliphatic rings. The first-order valence-corrected chi connectivity index (χ1v) is 11.7. The first-order chi connectivity index (χ1) is 16.4. The Morgan fingerprint density at radius 1 is 1.03 bits per heavy atom. The number of hydrogen-bond donors (Lipinski definition) is 1. The summed E-state index contributed by atoms with van der Waals surface area (Å²) < 4.78 is 16.6. The summed E-state index contributed by atoms with van der Waals surface area (Å²) in [5.74, 6) is 0.450. The maximum Gasteiger partial charge on any atom is 0.295 e. The number of carbonyl (C=O) groups excluding carboxylic acids is 2. The number of aliphatic hydroxyl groups excluding tert-OH is 1. The Kier molecular flexibility index (Phi) is 5.71. The first kappa shape index (κ1) is 22.3. The summed E-state index contributed by atoms with van der Waals surface area (Å²) in [6, 6.07) is 10.0. The lowest BCUT2D eigenvalue weighted by molar-refractivity contribution is -0.141. The molecule has 0 spiro atoms. The molecule has 2 unspecified atom stereocenters. The van der Waals surface area contributed by atoms with Crippen molar-refractivity contribution in [1.82, 2.24) is 4.90 Å². The van der Waals surface area contributed by atoms with Gasteiger partial charge >= 0.3 is 0 Å². The average Bonchev–Trinajstić information content (AvgIpc) is 3.56. The molecular weight excluding hydrogens is 434 g/mol. The number of amides is 1. The van der Waals surface area contributed by atoms with Crippen LogP contribution in [0.1, 0.15) is 55.3 Å². The lowest BCUT2D eigenvalue weighted by atomic mass is 9.93. The van der Waals surface area contributed by atoms with E-state index in [0.29, 0.717) is 22.6 Å². The highest BCUT2D eigenvalue weighted by Gasteiger charge is 2.49. The number of likely N-dealkylation sites (tertiary alicyclic amines) is 1. The highest BCUT2D eigenvalue weighted by Crippen LogP contribution is 2.45. The standard InChI is InChI=1S/C27H29NO6/c1-15-12-18-13-17(9-10-20(18)34-15)25(29)23-24(16-8-11-21(32-2)22(14-16)33-3)28(27(31)26(23)30)19-6-4-5-7-19/h8-11,13-15,19,24,29H,4-7,12H2,1-3H3/b25-23+. The molecule has 2 aliphatic heterocycles. The Bertz CT molecular complexity index is 1180. The first-order valence-electron chi connectivity index (χ1n) is 11.7. The second-order valence-corrected chi connectivity index (χ2v) is 9.21. The average molecular weight is 464 g/mol. The van der Waals surface area contributed by atoms with Crippen molar-refractivity contribution in [3.05, 3.63) is 58.7 Å². The molecule has 2 aromatic carbocycles.